The highest BCUT2D eigenvalue weighted by Crippen LogP contribution is 2.14. The van der Waals surface area contributed by atoms with Crippen LogP contribution in [0.3, 0.4) is 0 Å². The maximum Gasteiger partial charge on any atom is 0.320 e. The lowest BCUT2D eigenvalue weighted by Crippen LogP contribution is -2.32. The molecule has 4 N–H and O–H groups in total. The van der Waals surface area contributed by atoms with Gasteiger partial charge >= 0.3 is 5.97 Å². The van der Waals surface area contributed by atoms with Gasteiger partial charge in [-0.1, -0.05) is 34.5 Å². The highest BCUT2D eigenvalue weighted by atomic mass is 79.9. The minimum atomic E-state index is -3.39. The summed E-state index contributed by atoms with van der Waals surface area (Å²) < 4.78 is 26.4. The van der Waals surface area contributed by atoms with Crippen LogP contribution in [0.25, 0.3) is 0 Å². The monoisotopic (exact) mass is 392 g/mol. The summed E-state index contributed by atoms with van der Waals surface area (Å²) >= 11 is 3.30. The first kappa shape index (κ1) is 18.9. The van der Waals surface area contributed by atoms with Crippen molar-refractivity contribution in [3.8, 4) is 0 Å². The lowest BCUT2D eigenvalue weighted by molar-refractivity contribution is -0.138. The molecule has 0 saturated heterocycles. The number of unbranched alkanes of at least 4 members (excludes halogenated alkanes) is 2. The molecule has 0 unspecified atom stereocenters. The molecule has 0 aliphatic heterocycles. The number of nitrogens with two attached hydrogens (primary N) is 1. The van der Waals surface area contributed by atoms with E-state index in [2.05, 4.69) is 20.7 Å². The van der Waals surface area contributed by atoms with Gasteiger partial charge in [-0.05, 0) is 37.0 Å². The van der Waals surface area contributed by atoms with Crippen molar-refractivity contribution in [2.45, 2.75) is 31.7 Å². The van der Waals surface area contributed by atoms with Crippen LogP contribution in [0.5, 0.6) is 0 Å². The van der Waals surface area contributed by atoms with Gasteiger partial charge in [0.25, 0.3) is 0 Å². The quantitative estimate of drug-likeness (QED) is 0.416. The molecule has 22 heavy (non-hydrogen) atoms. The van der Waals surface area contributed by atoms with E-state index in [-0.39, 0.29) is 12.2 Å². The number of carbonyl (C=O) groups is 1. The summed E-state index contributed by atoms with van der Waals surface area (Å²) in [6.45, 7) is 0. The molecule has 0 spiro atoms. The second-order valence-electron chi connectivity index (χ2n) is 5.02. The number of nitrogens with one attached hydrogen (secondary N) is 1. The van der Waals surface area contributed by atoms with E-state index in [0.717, 1.165) is 18.2 Å². The zero-order chi connectivity index (χ0) is 16.6. The number of hydrogen-bond donors (Lipinski definition) is 3. The van der Waals surface area contributed by atoms with Crippen LogP contribution in [0.15, 0.2) is 24.3 Å². The van der Waals surface area contributed by atoms with E-state index in [9.17, 15) is 13.2 Å². The number of benzene rings is 1. The largest absolute Gasteiger partial charge is 0.480 e. The molecule has 1 aromatic rings. The fourth-order valence-corrected chi connectivity index (χ4v) is 3.47. The zero-order valence-corrected chi connectivity index (χ0v) is 14.6. The molecule has 0 aliphatic rings. The smallest absolute Gasteiger partial charge is 0.320 e. The Morgan fingerprint density at radius 2 is 2.05 bits per heavy atom. The topological polar surface area (TPSA) is 109 Å². The number of anilines is 1. The first-order valence-electron chi connectivity index (χ1n) is 6.98. The number of carboxylic acids is 1. The molecule has 8 heteroatoms. The number of alkyl halides is 1. The van der Waals surface area contributed by atoms with E-state index in [1.807, 2.05) is 0 Å². The van der Waals surface area contributed by atoms with Crippen molar-refractivity contribution in [1.29, 1.82) is 0 Å². The Kier molecular flexibility index (Phi) is 7.84. The minimum Gasteiger partial charge on any atom is -0.480 e. The SMILES string of the molecule is N[C@@H](Cc1cccc(NS(=O)(=O)CCCCCBr)c1)C(=O)O. The normalized spacial score (nSPS) is 12.8. The first-order valence-corrected chi connectivity index (χ1v) is 9.75. The van der Waals surface area contributed by atoms with Crippen LogP contribution in [0.1, 0.15) is 24.8 Å². The van der Waals surface area contributed by atoms with Gasteiger partial charge in [-0.3, -0.25) is 9.52 Å². The fraction of sp³-hybridized carbons (Fsp3) is 0.500. The van der Waals surface area contributed by atoms with Gasteiger partial charge in [-0.2, -0.15) is 0 Å². The summed E-state index contributed by atoms with van der Waals surface area (Å²) in [5.41, 5.74) is 6.58. The average molecular weight is 393 g/mol. The lowest BCUT2D eigenvalue weighted by atomic mass is 10.1. The highest BCUT2D eigenvalue weighted by Gasteiger charge is 2.14. The molecule has 0 aromatic heterocycles. The molecule has 0 heterocycles. The second-order valence-corrected chi connectivity index (χ2v) is 7.65. The Labute approximate surface area is 139 Å². The third-order valence-corrected chi connectivity index (χ3v) is 4.95. The van der Waals surface area contributed by atoms with Crippen LogP contribution < -0.4 is 10.5 Å². The van der Waals surface area contributed by atoms with Gasteiger partial charge in [0.2, 0.25) is 10.0 Å². The molecule has 0 saturated carbocycles. The summed E-state index contributed by atoms with van der Waals surface area (Å²) in [5.74, 6) is -1.02. The van der Waals surface area contributed by atoms with E-state index in [0.29, 0.717) is 17.7 Å². The Morgan fingerprint density at radius 3 is 2.68 bits per heavy atom. The molecule has 124 valence electrons. The Hall–Kier alpha value is -1.12. The molecule has 0 aliphatic carbocycles. The fourth-order valence-electron chi connectivity index (χ4n) is 1.90. The Morgan fingerprint density at radius 1 is 1.32 bits per heavy atom. The van der Waals surface area contributed by atoms with Crippen LogP contribution >= 0.6 is 15.9 Å². The Balaban J connectivity index is 2.63. The lowest BCUT2D eigenvalue weighted by Gasteiger charge is -2.11. The third-order valence-electron chi connectivity index (χ3n) is 3.02. The van der Waals surface area contributed by atoms with E-state index in [1.165, 1.54) is 0 Å². The standard InChI is InChI=1S/C14H21BrN2O4S/c15-7-2-1-3-8-22(20,21)17-12-6-4-5-11(9-12)10-13(16)14(18)19/h4-6,9,13,17H,1-3,7-8,10,16H2,(H,18,19)/t13-/m0/s1. The molecule has 1 atom stereocenters. The van der Waals surface area contributed by atoms with Crippen LogP contribution in [-0.4, -0.2) is 36.6 Å². The number of halogens is 1. The van der Waals surface area contributed by atoms with Crippen molar-refractivity contribution in [1.82, 2.24) is 0 Å². The average Bonchev–Trinajstić information content (AvgIpc) is 2.43. The molecule has 0 bridgehead atoms. The van der Waals surface area contributed by atoms with Crippen molar-refractivity contribution >= 4 is 37.6 Å². The van der Waals surface area contributed by atoms with Gasteiger partial charge in [0.15, 0.2) is 0 Å². The maximum absolute atomic E-state index is 12.0. The van der Waals surface area contributed by atoms with Gasteiger partial charge in [-0.25, -0.2) is 8.42 Å². The van der Waals surface area contributed by atoms with Crippen molar-refractivity contribution in [3.63, 3.8) is 0 Å². The number of aliphatic carboxylic acids is 1. The summed E-state index contributed by atoms with van der Waals surface area (Å²) in [6, 6.07) is 5.63. The van der Waals surface area contributed by atoms with E-state index in [4.69, 9.17) is 10.8 Å². The van der Waals surface area contributed by atoms with Crippen molar-refractivity contribution in [3.05, 3.63) is 29.8 Å². The summed E-state index contributed by atoms with van der Waals surface area (Å²) in [4.78, 5) is 10.7. The molecular weight excluding hydrogens is 372 g/mol. The third kappa shape index (κ3) is 7.24. The molecule has 0 amide bonds. The first-order chi connectivity index (χ1) is 10.3. The number of sulfonamides is 1. The second kappa shape index (κ2) is 9.12. The maximum atomic E-state index is 12.0. The van der Waals surface area contributed by atoms with E-state index in [1.54, 1.807) is 24.3 Å². The van der Waals surface area contributed by atoms with Crippen LogP contribution in [0.2, 0.25) is 0 Å². The van der Waals surface area contributed by atoms with Gasteiger partial charge in [0.05, 0.1) is 5.75 Å². The van der Waals surface area contributed by atoms with E-state index < -0.39 is 22.0 Å². The van der Waals surface area contributed by atoms with Gasteiger partial charge in [0, 0.05) is 11.0 Å². The molecular formula is C14H21BrN2O4S. The van der Waals surface area contributed by atoms with Crippen molar-refractivity contribution in [2.75, 3.05) is 15.8 Å². The predicted molar refractivity (Wildman–Crippen MR) is 90.8 cm³/mol. The number of hydrogen-bond acceptors (Lipinski definition) is 4. The van der Waals surface area contributed by atoms with Gasteiger partial charge < -0.3 is 10.8 Å². The van der Waals surface area contributed by atoms with Gasteiger partial charge in [0.1, 0.15) is 6.04 Å². The molecule has 6 nitrogen and oxygen atoms in total. The molecule has 0 fully saturated rings. The summed E-state index contributed by atoms with van der Waals surface area (Å²) in [6.07, 6.45) is 2.54. The van der Waals surface area contributed by atoms with Crippen LogP contribution in [-0.2, 0) is 21.2 Å². The summed E-state index contributed by atoms with van der Waals surface area (Å²) in [5, 5.41) is 9.67. The predicted octanol–water partition coefficient (Wildman–Crippen LogP) is 1.95. The zero-order valence-electron chi connectivity index (χ0n) is 12.2. The minimum absolute atomic E-state index is 0.0683. The highest BCUT2D eigenvalue weighted by molar-refractivity contribution is 9.09. The Bertz CT molecular complexity index is 592. The van der Waals surface area contributed by atoms with Crippen molar-refractivity contribution in [2.24, 2.45) is 5.73 Å². The number of rotatable bonds is 10. The number of carboxylic acid groups (broad SMARTS) is 1. The summed E-state index contributed by atoms with van der Waals surface area (Å²) in [7, 11) is -3.39. The van der Waals surface area contributed by atoms with Gasteiger partial charge in [-0.15, -0.1) is 0 Å². The van der Waals surface area contributed by atoms with Crippen LogP contribution in [0.4, 0.5) is 5.69 Å². The van der Waals surface area contributed by atoms with Crippen LogP contribution in [0, 0.1) is 0 Å². The van der Waals surface area contributed by atoms with Crippen molar-refractivity contribution < 1.29 is 18.3 Å². The molecule has 1 aromatic carbocycles. The molecule has 0 radical (unpaired) electrons. The van der Waals surface area contributed by atoms with E-state index >= 15 is 0 Å². The molecule has 1 rings (SSSR count).